The van der Waals surface area contributed by atoms with Crippen LogP contribution in [-0.2, 0) is 10.0 Å². The molecule has 1 aromatic rings. The average Bonchev–Trinajstić information content (AvgIpc) is 2.33. The smallest absolute Gasteiger partial charge is 0.240 e. The van der Waals surface area contributed by atoms with E-state index >= 15 is 0 Å². The molecule has 0 unspecified atom stereocenters. The van der Waals surface area contributed by atoms with Crippen molar-refractivity contribution in [1.82, 2.24) is 0 Å². The van der Waals surface area contributed by atoms with Crippen molar-refractivity contribution in [2.45, 2.75) is 24.7 Å². The second-order valence-electron chi connectivity index (χ2n) is 4.14. The minimum absolute atomic E-state index is 0.162. The number of primary sulfonamides is 1. The lowest BCUT2D eigenvalue weighted by Crippen LogP contribution is -2.32. The maximum absolute atomic E-state index is 11.6. The van der Waals surface area contributed by atoms with Gasteiger partial charge in [0.25, 0.3) is 0 Å². The highest BCUT2D eigenvalue weighted by Crippen LogP contribution is 2.24. The van der Waals surface area contributed by atoms with Gasteiger partial charge in [-0.25, -0.2) is 13.6 Å². The molecular weight excluding hydrogens is 250 g/mol. The fraction of sp³-hybridized carbons (Fsp3) is 0.500. The van der Waals surface area contributed by atoms with Gasteiger partial charge in [0.15, 0.2) is 0 Å². The second kappa shape index (κ2) is 6.72. The molecule has 18 heavy (non-hydrogen) atoms. The molecule has 5 nitrogen and oxygen atoms in total. The number of nitrogens with two attached hydrogens (primary N) is 2. The second-order valence-corrected chi connectivity index (χ2v) is 5.67. The van der Waals surface area contributed by atoms with Gasteiger partial charge in [-0.1, -0.05) is 25.5 Å². The van der Waals surface area contributed by atoms with Gasteiger partial charge in [0.2, 0.25) is 10.0 Å². The van der Waals surface area contributed by atoms with E-state index < -0.39 is 10.0 Å². The molecule has 4 N–H and O–H groups in total. The van der Waals surface area contributed by atoms with Crippen LogP contribution in [0.3, 0.4) is 0 Å². The molecule has 0 spiro atoms. The van der Waals surface area contributed by atoms with Gasteiger partial charge in [0.1, 0.15) is 4.90 Å². The summed E-state index contributed by atoms with van der Waals surface area (Å²) in [5, 5.41) is 5.23. The zero-order chi connectivity index (χ0) is 13.6. The predicted molar refractivity (Wildman–Crippen MR) is 74.0 cm³/mol. The Morgan fingerprint density at radius 1 is 1.22 bits per heavy atom. The maximum Gasteiger partial charge on any atom is 0.240 e. The molecule has 0 saturated heterocycles. The van der Waals surface area contributed by atoms with Crippen LogP contribution in [0.25, 0.3) is 0 Å². The summed E-state index contributed by atoms with van der Waals surface area (Å²) in [6.07, 6.45) is 2.03. The highest BCUT2D eigenvalue weighted by molar-refractivity contribution is 7.89. The molecule has 0 heterocycles. The van der Waals surface area contributed by atoms with Crippen molar-refractivity contribution in [1.29, 1.82) is 0 Å². The van der Waals surface area contributed by atoms with Crippen molar-refractivity contribution in [3.63, 3.8) is 0 Å². The third kappa shape index (κ3) is 3.97. The Bertz CT molecular complexity index is 474. The van der Waals surface area contributed by atoms with E-state index in [-0.39, 0.29) is 4.90 Å². The average molecular weight is 271 g/mol. The highest BCUT2D eigenvalue weighted by atomic mass is 32.2. The van der Waals surface area contributed by atoms with Crippen molar-refractivity contribution >= 4 is 15.7 Å². The molecule has 0 saturated carbocycles. The SMILES string of the molecule is CCCCN(CCN)c1ccccc1S(N)(=O)=O. The number of anilines is 1. The maximum atomic E-state index is 11.6. The summed E-state index contributed by atoms with van der Waals surface area (Å²) in [5.41, 5.74) is 6.21. The Balaban J connectivity index is 3.11. The lowest BCUT2D eigenvalue weighted by molar-refractivity contribution is 0.597. The van der Waals surface area contributed by atoms with E-state index in [1.807, 2.05) is 4.90 Å². The number of para-hydroxylation sites is 1. The number of hydrogen-bond acceptors (Lipinski definition) is 4. The van der Waals surface area contributed by atoms with Crippen LogP contribution >= 0.6 is 0 Å². The van der Waals surface area contributed by atoms with Crippen LogP contribution in [0.15, 0.2) is 29.2 Å². The standard InChI is InChI=1S/C12H21N3O2S/c1-2-3-9-15(10-8-13)11-6-4-5-7-12(11)18(14,16)17/h4-7H,2-3,8-10,13H2,1H3,(H2,14,16,17). The third-order valence-corrected chi connectivity index (χ3v) is 3.65. The summed E-state index contributed by atoms with van der Waals surface area (Å²) in [5.74, 6) is 0. The summed E-state index contributed by atoms with van der Waals surface area (Å²) in [6.45, 7) is 3.96. The Morgan fingerprint density at radius 3 is 2.44 bits per heavy atom. The van der Waals surface area contributed by atoms with Gasteiger partial charge in [-0.2, -0.15) is 0 Å². The topological polar surface area (TPSA) is 89.4 Å². The first kappa shape index (κ1) is 14.9. The number of hydrogen-bond donors (Lipinski definition) is 2. The monoisotopic (exact) mass is 271 g/mol. The number of nitrogens with zero attached hydrogens (tertiary/aromatic N) is 1. The van der Waals surface area contributed by atoms with Crippen molar-refractivity contribution in [3.05, 3.63) is 24.3 Å². The fourth-order valence-electron chi connectivity index (χ4n) is 1.82. The minimum atomic E-state index is -3.70. The lowest BCUT2D eigenvalue weighted by atomic mass is 10.2. The van der Waals surface area contributed by atoms with Crippen molar-refractivity contribution < 1.29 is 8.42 Å². The predicted octanol–water partition coefficient (Wildman–Crippen LogP) is 0.899. The van der Waals surface area contributed by atoms with E-state index in [0.717, 1.165) is 19.4 Å². The van der Waals surface area contributed by atoms with E-state index in [1.54, 1.807) is 18.2 Å². The van der Waals surface area contributed by atoms with Gasteiger partial charge < -0.3 is 10.6 Å². The quantitative estimate of drug-likeness (QED) is 0.771. The molecule has 0 aromatic heterocycles. The number of rotatable bonds is 7. The van der Waals surface area contributed by atoms with Crippen molar-refractivity contribution in [3.8, 4) is 0 Å². The number of unbranched alkanes of at least 4 members (excludes halogenated alkanes) is 1. The summed E-state index contributed by atoms with van der Waals surface area (Å²) in [4.78, 5) is 2.14. The van der Waals surface area contributed by atoms with Gasteiger partial charge in [0, 0.05) is 19.6 Å². The van der Waals surface area contributed by atoms with E-state index in [2.05, 4.69) is 6.92 Å². The Hall–Kier alpha value is -1.11. The summed E-state index contributed by atoms with van der Waals surface area (Å²) in [7, 11) is -3.70. The van der Waals surface area contributed by atoms with Gasteiger partial charge in [0.05, 0.1) is 5.69 Å². The van der Waals surface area contributed by atoms with Gasteiger partial charge in [-0.05, 0) is 18.6 Å². The molecule has 1 aromatic carbocycles. The zero-order valence-corrected chi connectivity index (χ0v) is 11.5. The minimum Gasteiger partial charge on any atom is -0.369 e. The molecule has 0 aliphatic rings. The molecule has 102 valence electrons. The van der Waals surface area contributed by atoms with Crippen molar-refractivity contribution in [2.24, 2.45) is 10.9 Å². The van der Waals surface area contributed by atoms with E-state index in [1.165, 1.54) is 6.07 Å². The van der Waals surface area contributed by atoms with Crippen LogP contribution in [0.4, 0.5) is 5.69 Å². The Morgan fingerprint density at radius 2 is 1.89 bits per heavy atom. The molecular formula is C12H21N3O2S. The molecule has 0 atom stereocenters. The molecule has 0 radical (unpaired) electrons. The highest BCUT2D eigenvalue weighted by Gasteiger charge is 2.17. The van der Waals surface area contributed by atoms with Crippen LogP contribution in [0.1, 0.15) is 19.8 Å². The molecule has 0 aliphatic heterocycles. The van der Waals surface area contributed by atoms with Crippen LogP contribution in [0.2, 0.25) is 0 Å². The first-order valence-electron chi connectivity index (χ1n) is 6.07. The van der Waals surface area contributed by atoms with E-state index in [4.69, 9.17) is 10.9 Å². The number of benzene rings is 1. The third-order valence-electron chi connectivity index (χ3n) is 2.69. The fourth-order valence-corrected chi connectivity index (χ4v) is 2.57. The van der Waals surface area contributed by atoms with Crippen LogP contribution in [0.5, 0.6) is 0 Å². The molecule has 1 rings (SSSR count). The number of sulfonamides is 1. The first-order chi connectivity index (χ1) is 8.50. The zero-order valence-electron chi connectivity index (χ0n) is 10.7. The Kier molecular flexibility index (Phi) is 5.58. The molecule has 0 bridgehead atoms. The van der Waals surface area contributed by atoms with Crippen LogP contribution in [-0.4, -0.2) is 28.1 Å². The summed E-state index contributed by atoms with van der Waals surface area (Å²) >= 11 is 0. The van der Waals surface area contributed by atoms with E-state index in [0.29, 0.717) is 18.8 Å². The normalized spacial score (nSPS) is 11.5. The molecule has 0 aliphatic carbocycles. The first-order valence-corrected chi connectivity index (χ1v) is 7.62. The van der Waals surface area contributed by atoms with Gasteiger partial charge in [-0.3, -0.25) is 0 Å². The summed E-state index contributed by atoms with van der Waals surface area (Å²) in [6, 6.07) is 6.77. The van der Waals surface area contributed by atoms with Gasteiger partial charge in [-0.15, -0.1) is 0 Å². The Labute approximate surface area is 109 Å². The van der Waals surface area contributed by atoms with E-state index in [9.17, 15) is 8.42 Å². The van der Waals surface area contributed by atoms with Crippen LogP contribution in [0, 0.1) is 0 Å². The van der Waals surface area contributed by atoms with Crippen molar-refractivity contribution in [2.75, 3.05) is 24.5 Å². The van der Waals surface area contributed by atoms with Crippen LogP contribution < -0.4 is 15.8 Å². The van der Waals surface area contributed by atoms with Gasteiger partial charge >= 0.3 is 0 Å². The summed E-state index contributed by atoms with van der Waals surface area (Å²) < 4.78 is 23.1. The largest absolute Gasteiger partial charge is 0.369 e. The molecule has 0 amide bonds. The molecule has 0 fully saturated rings. The molecule has 6 heteroatoms. The lowest BCUT2D eigenvalue weighted by Gasteiger charge is -2.25.